The fraction of sp³-hybridized carbons (Fsp3) is 0.235. The van der Waals surface area contributed by atoms with Crippen LogP contribution in [0.4, 0.5) is 0 Å². The van der Waals surface area contributed by atoms with Crippen LogP contribution >= 0.6 is 15.9 Å². The molecule has 2 rings (SSSR count). The van der Waals surface area contributed by atoms with E-state index in [-0.39, 0.29) is 6.42 Å². The van der Waals surface area contributed by atoms with Crippen molar-refractivity contribution in [3.8, 4) is 5.75 Å². The number of ether oxygens (including phenoxy) is 1. The van der Waals surface area contributed by atoms with Gasteiger partial charge in [-0.1, -0.05) is 36.4 Å². The van der Waals surface area contributed by atoms with Gasteiger partial charge in [0.05, 0.1) is 4.47 Å². The summed E-state index contributed by atoms with van der Waals surface area (Å²) < 4.78 is 6.67. The van der Waals surface area contributed by atoms with Gasteiger partial charge in [0, 0.05) is 6.42 Å². The van der Waals surface area contributed by atoms with Gasteiger partial charge in [-0.2, -0.15) is 0 Å². The maximum absolute atomic E-state index is 10.5. The standard InChI is InChI=1S/C17H17BrO3/c18-15-11-13(7-4-8-17(19)20)9-10-16(15)21-12-14-5-2-1-3-6-14/h1-3,5-6,9-11H,4,7-8,12H2,(H,19,20). The van der Waals surface area contributed by atoms with Crippen molar-refractivity contribution in [2.45, 2.75) is 25.9 Å². The molecule has 0 unspecified atom stereocenters. The Labute approximate surface area is 132 Å². The van der Waals surface area contributed by atoms with Crippen molar-refractivity contribution in [1.29, 1.82) is 0 Å². The van der Waals surface area contributed by atoms with Crippen molar-refractivity contribution in [2.75, 3.05) is 0 Å². The second-order valence-electron chi connectivity index (χ2n) is 4.79. The number of hydrogen-bond acceptors (Lipinski definition) is 2. The van der Waals surface area contributed by atoms with Crippen molar-refractivity contribution in [3.05, 3.63) is 64.1 Å². The van der Waals surface area contributed by atoms with Gasteiger partial charge in [0.15, 0.2) is 0 Å². The summed E-state index contributed by atoms with van der Waals surface area (Å²) in [6.45, 7) is 0.526. The molecular weight excluding hydrogens is 332 g/mol. The van der Waals surface area contributed by atoms with E-state index in [2.05, 4.69) is 15.9 Å². The molecule has 0 aromatic heterocycles. The van der Waals surface area contributed by atoms with Crippen LogP contribution in [0.15, 0.2) is 53.0 Å². The van der Waals surface area contributed by atoms with Crippen LogP contribution in [0.5, 0.6) is 5.75 Å². The van der Waals surface area contributed by atoms with Crippen molar-refractivity contribution in [2.24, 2.45) is 0 Å². The molecule has 2 aromatic rings. The lowest BCUT2D eigenvalue weighted by atomic mass is 10.1. The van der Waals surface area contributed by atoms with Crippen LogP contribution in [0.3, 0.4) is 0 Å². The van der Waals surface area contributed by atoms with Crippen LogP contribution in [0, 0.1) is 0 Å². The fourth-order valence-corrected chi connectivity index (χ4v) is 2.54. The Balaban J connectivity index is 1.91. The van der Waals surface area contributed by atoms with Gasteiger partial charge in [-0.3, -0.25) is 4.79 Å². The Kier molecular flexibility index (Phi) is 5.81. The van der Waals surface area contributed by atoms with Gasteiger partial charge >= 0.3 is 5.97 Å². The first-order valence-corrected chi connectivity index (χ1v) is 7.61. The minimum atomic E-state index is -0.753. The summed E-state index contributed by atoms with van der Waals surface area (Å²) in [6.07, 6.45) is 1.60. The van der Waals surface area contributed by atoms with E-state index in [1.807, 2.05) is 48.5 Å². The van der Waals surface area contributed by atoms with Crippen LogP contribution in [-0.4, -0.2) is 11.1 Å². The van der Waals surface area contributed by atoms with E-state index in [0.717, 1.165) is 27.8 Å². The summed E-state index contributed by atoms with van der Waals surface area (Å²) in [5.74, 6) is 0.0396. The van der Waals surface area contributed by atoms with E-state index in [9.17, 15) is 4.79 Å². The van der Waals surface area contributed by atoms with E-state index >= 15 is 0 Å². The van der Waals surface area contributed by atoms with Crippen LogP contribution in [0.25, 0.3) is 0 Å². The molecule has 0 radical (unpaired) electrons. The lowest BCUT2D eigenvalue weighted by Crippen LogP contribution is -1.98. The van der Waals surface area contributed by atoms with Crippen molar-refractivity contribution in [1.82, 2.24) is 0 Å². The maximum atomic E-state index is 10.5. The first kappa shape index (κ1) is 15.6. The van der Waals surface area contributed by atoms with Crippen molar-refractivity contribution < 1.29 is 14.6 Å². The predicted molar refractivity (Wildman–Crippen MR) is 85.5 cm³/mol. The number of aliphatic carboxylic acids is 1. The van der Waals surface area contributed by atoms with Crippen LogP contribution < -0.4 is 4.74 Å². The normalized spacial score (nSPS) is 10.3. The third-order valence-electron chi connectivity index (χ3n) is 3.09. The summed E-state index contributed by atoms with van der Waals surface area (Å²) in [4.78, 5) is 10.5. The lowest BCUT2D eigenvalue weighted by Gasteiger charge is -2.10. The van der Waals surface area contributed by atoms with Crippen LogP contribution in [0.2, 0.25) is 0 Å². The molecule has 0 amide bonds. The highest BCUT2D eigenvalue weighted by atomic mass is 79.9. The smallest absolute Gasteiger partial charge is 0.303 e. The number of benzene rings is 2. The first-order chi connectivity index (χ1) is 10.1. The second kappa shape index (κ2) is 7.84. The average molecular weight is 349 g/mol. The number of carbonyl (C=O) groups is 1. The molecule has 4 heteroatoms. The van der Waals surface area contributed by atoms with E-state index in [1.165, 1.54) is 0 Å². The summed E-state index contributed by atoms with van der Waals surface area (Å²) in [5.41, 5.74) is 2.23. The summed E-state index contributed by atoms with van der Waals surface area (Å²) >= 11 is 3.50. The van der Waals surface area contributed by atoms with Crippen molar-refractivity contribution in [3.63, 3.8) is 0 Å². The molecular formula is C17H17BrO3. The average Bonchev–Trinajstić information content (AvgIpc) is 2.47. The summed E-state index contributed by atoms with van der Waals surface area (Å²) in [7, 11) is 0. The Hall–Kier alpha value is -1.81. The minimum absolute atomic E-state index is 0.198. The van der Waals surface area contributed by atoms with E-state index in [1.54, 1.807) is 0 Å². The molecule has 2 aromatic carbocycles. The van der Waals surface area contributed by atoms with Crippen molar-refractivity contribution >= 4 is 21.9 Å². The Morgan fingerprint density at radius 3 is 2.52 bits per heavy atom. The van der Waals surface area contributed by atoms with Gasteiger partial charge in [0.2, 0.25) is 0 Å². The molecule has 0 saturated heterocycles. The fourth-order valence-electron chi connectivity index (χ4n) is 2.00. The summed E-state index contributed by atoms with van der Waals surface area (Å²) in [6, 6.07) is 15.9. The maximum Gasteiger partial charge on any atom is 0.303 e. The van der Waals surface area contributed by atoms with E-state index in [4.69, 9.17) is 9.84 Å². The zero-order valence-corrected chi connectivity index (χ0v) is 13.2. The Bertz CT molecular complexity index is 596. The SMILES string of the molecule is O=C(O)CCCc1ccc(OCc2ccccc2)c(Br)c1. The molecule has 0 atom stereocenters. The third kappa shape index (κ3) is 5.23. The van der Waals surface area contributed by atoms with Gasteiger partial charge in [-0.05, 0) is 52.0 Å². The van der Waals surface area contributed by atoms with Gasteiger partial charge < -0.3 is 9.84 Å². The van der Waals surface area contributed by atoms with Crippen LogP contribution in [-0.2, 0) is 17.8 Å². The monoisotopic (exact) mass is 348 g/mol. The molecule has 0 aliphatic heterocycles. The van der Waals surface area contributed by atoms with Crippen LogP contribution in [0.1, 0.15) is 24.0 Å². The highest BCUT2D eigenvalue weighted by Gasteiger charge is 2.04. The molecule has 0 aliphatic rings. The number of rotatable bonds is 7. The molecule has 21 heavy (non-hydrogen) atoms. The van der Waals surface area contributed by atoms with Gasteiger partial charge in [0.25, 0.3) is 0 Å². The molecule has 0 fully saturated rings. The highest BCUT2D eigenvalue weighted by molar-refractivity contribution is 9.10. The Morgan fingerprint density at radius 1 is 1.10 bits per heavy atom. The molecule has 0 bridgehead atoms. The van der Waals surface area contributed by atoms with E-state index in [0.29, 0.717) is 13.0 Å². The molecule has 0 heterocycles. The first-order valence-electron chi connectivity index (χ1n) is 6.82. The summed E-state index contributed by atoms with van der Waals surface area (Å²) in [5, 5.41) is 8.64. The molecule has 1 N–H and O–H groups in total. The Morgan fingerprint density at radius 2 is 1.86 bits per heavy atom. The van der Waals surface area contributed by atoms with E-state index < -0.39 is 5.97 Å². The number of hydrogen-bond donors (Lipinski definition) is 1. The van der Waals surface area contributed by atoms with Gasteiger partial charge in [0.1, 0.15) is 12.4 Å². The number of carboxylic acids is 1. The second-order valence-corrected chi connectivity index (χ2v) is 5.64. The third-order valence-corrected chi connectivity index (χ3v) is 3.71. The quantitative estimate of drug-likeness (QED) is 0.804. The zero-order chi connectivity index (χ0) is 15.1. The number of halogens is 1. The molecule has 0 saturated carbocycles. The number of carboxylic acid groups (broad SMARTS) is 1. The number of aryl methyl sites for hydroxylation is 1. The largest absolute Gasteiger partial charge is 0.488 e. The van der Waals surface area contributed by atoms with Gasteiger partial charge in [-0.25, -0.2) is 0 Å². The lowest BCUT2D eigenvalue weighted by molar-refractivity contribution is -0.137. The zero-order valence-electron chi connectivity index (χ0n) is 11.6. The topological polar surface area (TPSA) is 46.5 Å². The minimum Gasteiger partial charge on any atom is -0.488 e. The molecule has 0 spiro atoms. The molecule has 110 valence electrons. The molecule has 0 aliphatic carbocycles. The molecule has 3 nitrogen and oxygen atoms in total. The highest BCUT2D eigenvalue weighted by Crippen LogP contribution is 2.27. The predicted octanol–water partition coefficient (Wildman–Crippen LogP) is 4.44. The van der Waals surface area contributed by atoms with Gasteiger partial charge in [-0.15, -0.1) is 0 Å².